The van der Waals surface area contributed by atoms with Gasteiger partial charge in [-0.25, -0.2) is 4.98 Å². The monoisotopic (exact) mass is 291 g/mol. The van der Waals surface area contributed by atoms with E-state index in [1.807, 2.05) is 0 Å². The van der Waals surface area contributed by atoms with Crippen molar-refractivity contribution < 1.29 is 9.26 Å². The van der Waals surface area contributed by atoms with Gasteiger partial charge >= 0.3 is 0 Å². The highest BCUT2D eigenvalue weighted by atomic mass is 16.5. The Hall–Kier alpha value is -2.22. The molecular weight excluding hydrogens is 274 g/mol. The van der Waals surface area contributed by atoms with Gasteiger partial charge in [0.05, 0.1) is 5.69 Å². The molecular formula is C13H17N5O3. The summed E-state index contributed by atoms with van der Waals surface area (Å²) >= 11 is 0. The van der Waals surface area contributed by atoms with Gasteiger partial charge in [-0.1, -0.05) is 0 Å². The van der Waals surface area contributed by atoms with Gasteiger partial charge in [0.25, 0.3) is 11.5 Å². The average Bonchev–Trinajstić information content (AvgIpc) is 2.78. The summed E-state index contributed by atoms with van der Waals surface area (Å²) in [5.41, 5.74) is 0.672. The molecule has 1 aliphatic rings. The predicted octanol–water partition coefficient (Wildman–Crippen LogP) is 0.966. The van der Waals surface area contributed by atoms with E-state index in [1.165, 1.54) is 0 Å². The van der Waals surface area contributed by atoms with E-state index in [4.69, 9.17) is 9.26 Å². The van der Waals surface area contributed by atoms with Crippen LogP contribution in [0.1, 0.15) is 36.2 Å². The van der Waals surface area contributed by atoms with Crippen LogP contribution in [0.5, 0.6) is 0 Å². The van der Waals surface area contributed by atoms with E-state index in [-0.39, 0.29) is 17.5 Å². The summed E-state index contributed by atoms with van der Waals surface area (Å²) in [6.07, 6.45) is 1.77. The molecule has 2 N–H and O–H groups in total. The third-order valence-corrected chi connectivity index (χ3v) is 3.51. The summed E-state index contributed by atoms with van der Waals surface area (Å²) < 4.78 is 9.91. The van der Waals surface area contributed by atoms with Crippen molar-refractivity contribution in [1.29, 1.82) is 0 Å². The Balaban J connectivity index is 1.62. The molecule has 0 amide bonds. The second kappa shape index (κ2) is 5.65. The molecule has 2 aromatic heterocycles. The van der Waals surface area contributed by atoms with Gasteiger partial charge in [0.1, 0.15) is 12.4 Å². The molecule has 0 aliphatic heterocycles. The van der Waals surface area contributed by atoms with E-state index in [9.17, 15) is 4.79 Å². The number of rotatable bonds is 5. The van der Waals surface area contributed by atoms with Crippen molar-refractivity contribution in [2.45, 2.75) is 38.3 Å². The zero-order chi connectivity index (χ0) is 14.8. The standard InChI is InChI=1S/C13H17N5O3/c1-7-14-13(18-21-7)15-9-3-8(4-9)10-5-12(19)17-11(16-10)6-20-2/h5,8-9H,3-4,6H2,1-2H3,(H,15,18)(H,16,17,19). The maximum Gasteiger partial charge on any atom is 0.263 e. The lowest BCUT2D eigenvalue weighted by Gasteiger charge is -2.34. The zero-order valence-electron chi connectivity index (χ0n) is 11.9. The maximum atomic E-state index is 11.6. The Morgan fingerprint density at radius 2 is 2.29 bits per heavy atom. The summed E-state index contributed by atoms with van der Waals surface area (Å²) in [6, 6.07) is 1.83. The second-order valence-corrected chi connectivity index (χ2v) is 5.20. The van der Waals surface area contributed by atoms with Crippen LogP contribution in [0.3, 0.4) is 0 Å². The molecule has 2 aromatic rings. The minimum atomic E-state index is -0.141. The molecule has 0 unspecified atom stereocenters. The highest BCUT2D eigenvalue weighted by molar-refractivity contribution is 5.27. The van der Waals surface area contributed by atoms with Gasteiger partial charge in [-0.2, -0.15) is 4.98 Å². The van der Waals surface area contributed by atoms with Crippen molar-refractivity contribution in [3.05, 3.63) is 33.8 Å². The molecule has 1 aliphatic carbocycles. The Bertz CT molecular complexity index is 674. The smallest absolute Gasteiger partial charge is 0.263 e. The highest BCUT2D eigenvalue weighted by Gasteiger charge is 2.32. The normalized spacial score (nSPS) is 21.0. The van der Waals surface area contributed by atoms with Crippen molar-refractivity contribution in [2.24, 2.45) is 0 Å². The van der Waals surface area contributed by atoms with Gasteiger partial charge in [0.2, 0.25) is 5.89 Å². The second-order valence-electron chi connectivity index (χ2n) is 5.20. The minimum Gasteiger partial charge on any atom is -0.377 e. The van der Waals surface area contributed by atoms with Gasteiger partial charge in [0.15, 0.2) is 0 Å². The van der Waals surface area contributed by atoms with Crippen LogP contribution < -0.4 is 10.9 Å². The number of methoxy groups -OCH3 is 1. The number of H-pyrrole nitrogens is 1. The Kier molecular flexibility index (Phi) is 3.70. The SMILES string of the molecule is COCc1nc(C2CC(Nc3noc(C)n3)C2)cc(=O)[nH]1. The molecule has 112 valence electrons. The summed E-state index contributed by atoms with van der Waals surface area (Å²) in [6.45, 7) is 2.05. The lowest BCUT2D eigenvalue weighted by atomic mass is 9.78. The number of anilines is 1. The Labute approximate surface area is 120 Å². The highest BCUT2D eigenvalue weighted by Crippen LogP contribution is 2.36. The fraction of sp³-hybridized carbons (Fsp3) is 0.538. The lowest BCUT2D eigenvalue weighted by molar-refractivity contribution is 0.177. The van der Waals surface area contributed by atoms with Crippen LogP contribution in [0.25, 0.3) is 0 Å². The van der Waals surface area contributed by atoms with Crippen LogP contribution >= 0.6 is 0 Å². The fourth-order valence-electron chi connectivity index (χ4n) is 2.46. The number of aromatic amines is 1. The van der Waals surface area contributed by atoms with Crippen molar-refractivity contribution in [2.75, 3.05) is 12.4 Å². The van der Waals surface area contributed by atoms with Gasteiger partial charge in [0, 0.05) is 32.1 Å². The third kappa shape index (κ3) is 3.10. The molecule has 0 saturated heterocycles. The first-order valence-electron chi connectivity index (χ1n) is 6.80. The number of aromatic nitrogens is 4. The predicted molar refractivity (Wildman–Crippen MR) is 74.0 cm³/mol. The maximum absolute atomic E-state index is 11.6. The first-order chi connectivity index (χ1) is 10.1. The van der Waals surface area contributed by atoms with Gasteiger partial charge in [-0.05, 0) is 18.0 Å². The number of nitrogens with zero attached hydrogens (tertiary/aromatic N) is 3. The van der Waals surface area contributed by atoms with Crippen LogP contribution in [0.15, 0.2) is 15.4 Å². The average molecular weight is 291 g/mol. The fourth-order valence-corrected chi connectivity index (χ4v) is 2.46. The van der Waals surface area contributed by atoms with E-state index < -0.39 is 0 Å². The van der Waals surface area contributed by atoms with E-state index in [1.54, 1.807) is 20.1 Å². The van der Waals surface area contributed by atoms with E-state index >= 15 is 0 Å². The molecule has 0 atom stereocenters. The van der Waals surface area contributed by atoms with Crippen LogP contribution in [0, 0.1) is 6.92 Å². The Morgan fingerprint density at radius 3 is 2.95 bits per heavy atom. The number of hydrogen-bond acceptors (Lipinski definition) is 7. The van der Waals surface area contributed by atoms with Gasteiger partial charge < -0.3 is 19.6 Å². The molecule has 0 bridgehead atoms. The molecule has 0 aromatic carbocycles. The molecule has 1 fully saturated rings. The molecule has 3 rings (SSSR count). The first kappa shape index (κ1) is 13.7. The van der Waals surface area contributed by atoms with Crippen molar-refractivity contribution in [1.82, 2.24) is 20.1 Å². The summed E-state index contributed by atoms with van der Waals surface area (Å²) in [5, 5.41) is 7.00. The van der Waals surface area contributed by atoms with Crippen molar-refractivity contribution in [3.63, 3.8) is 0 Å². The molecule has 21 heavy (non-hydrogen) atoms. The van der Waals surface area contributed by atoms with E-state index in [2.05, 4.69) is 25.4 Å². The van der Waals surface area contributed by atoms with Crippen LogP contribution in [0.2, 0.25) is 0 Å². The van der Waals surface area contributed by atoms with Gasteiger partial charge in [-0.15, -0.1) is 0 Å². The minimum absolute atomic E-state index is 0.141. The van der Waals surface area contributed by atoms with Gasteiger partial charge in [-0.3, -0.25) is 4.79 Å². The van der Waals surface area contributed by atoms with Crippen LogP contribution in [-0.4, -0.2) is 33.3 Å². The summed E-state index contributed by atoms with van der Waals surface area (Å²) in [4.78, 5) is 22.8. The lowest BCUT2D eigenvalue weighted by Crippen LogP contribution is -2.35. The van der Waals surface area contributed by atoms with Crippen LogP contribution in [-0.2, 0) is 11.3 Å². The Morgan fingerprint density at radius 1 is 1.48 bits per heavy atom. The molecule has 8 nitrogen and oxygen atoms in total. The molecule has 2 heterocycles. The molecule has 8 heteroatoms. The number of ether oxygens (including phenoxy) is 1. The van der Waals surface area contributed by atoms with Crippen molar-refractivity contribution >= 4 is 5.95 Å². The number of hydrogen-bond donors (Lipinski definition) is 2. The number of aryl methyl sites for hydroxylation is 1. The van der Waals surface area contributed by atoms with Crippen molar-refractivity contribution in [3.8, 4) is 0 Å². The molecule has 0 radical (unpaired) electrons. The topological polar surface area (TPSA) is 106 Å². The van der Waals surface area contributed by atoms with Crippen LogP contribution in [0.4, 0.5) is 5.95 Å². The quantitative estimate of drug-likeness (QED) is 0.845. The summed E-state index contributed by atoms with van der Waals surface area (Å²) in [5.74, 6) is 1.88. The first-order valence-corrected chi connectivity index (χ1v) is 6.80. The summed E-state index contributed by atoms with van der Waals surface area (Å²) in [7, 11) is 1.57. The molecule has 1 saturated carbocycles. The van der Waals surface area contributed by atoms with E-state index in [0.717, 1.165) is 18.5 Å². The number of nitrogens with one attached hydrogen (secondary N) is 2. The largest absolute Gasteiger partial charge is 0.377 e. The third-order valence-electron chi connectivity index (χ3n) is 3.51. The molecule has 0 spiro atoms. The van der Waals surface area contributed by atoms with E-state index in [0.29, 0.717) is 24.3 Å². The zero-order valence-corrected chi connectivity index (χ0v) is 11.9.